The lowest BCUT2D eigenvalue weighted by atomic mass is 9.88. The Labute approximate surface area is 116 Å². The average molecular weight is 276 g/mol. The van der Waals surface area contributed by atoms with E-state index >= 15 is 0 Å². The molecule has 2 rings (SSSR count). The number of rotatable bonds is 4. The van der Waals surface area contributed by atoms with E-state index in [1.54, 1.807) is 6.92 Å². The Hall–Kier alpha value is -2.37. The topological polar surface area (TPSA) is 77.0 Å². The third-order valence-electron chi connectivity index (χ3n) is 3.05. The molecule has 20 heavy (non-hydrogen) atoms. The van der Waals surface area contributed by atoms with Crippen molar-refractivity contribution in [1.29, 1.82) is 0 Å². The summed E-state index contributed by atoms with van der Waals surface area (Å²) >= 11 is 0. The zero-order valence-electron chi connectivity index (χ0n) is 11.3. The van der Waals surface area contributed by atoms with Crippen LogP contribution in [-0.4, -0.2) is 37.4 Å². The van der Waals surface area contributed by atoms with E-state index in [0.717, 1.165) is 5.56 Å². The number of esters is 2. The van der Waals surface area contributed by atoms with Crippen LogP contribution in [0.25, 0.3) is 0 Å². The van der Waals surface area contributed by atoms with Gasteiger partial charge in [-0.2, -0.15) is 5.10 Å². The quantitative estimate of drug-likeness (QED) is 0.824. The smallest absolute Gasteiger partial charge is 0.354 e. The van der Waals surface area contributed by atoms with Gasteiger partial charge in [0.05, 0.1) is 19.6 Å². The minimum atomic E-state index is -0.716. The summed E-state index contributed by atoms with van der Waals surface area (Å²) < 4.78 is 9.72. The lowest BCUT2D eigenvalue weighted by Crippen LogP contribution is -2.38. The molecule has 1 aliphatic rings. The number of hydrogen-bond acceptors (Lipinski definition) is 6. The van der Waals surface area contributed by atoms with Crippen LogP contribution < -0.4 is 5.43 Å². The highest BCUT2D eigenvalue weighted by atomic mass is 16.5. The van der Waals surface area contributed by atoms with Crippen LogP contribution in [0, 0.1) is 0 Å². The molecular formula is C14H16N2O4. The maximum Gasteiger partial charge on any atom is 0.354 e. The molecule has 0 aliphatic carbocycles. The molecule has 6 heteroatoms. The van der Waals surface area contributed by atoms with Crippen molar-refractivity contribution in [3.8, 4) is 0 Å². The molecule has 0 spiro atoms. The molecule has 0 amide bonds. The molecule has 2 atom stereocenters. The Kier molecular flexibility index (Phi) is 4.34. The summed E-state index contributed by atoms with van der Waals surface area (Å²) in [5.41, 5.74) is 3.65. The molecule has 0 unspecified atom stereocenters. The summed E-state index contributed by atoms with van der Waals surface area (Å²) in [4.78, 5) is 23.8. The Balaban J connectivity index is 2.33. The fraction of sp³-hybridized carbons (Fsp3) is 0.357. The number of nitrogens with one attached hydrogen (secondary N) is 1. The average Bonchev–Trinajstić information content (AvgIpc) is 2.92. The van der Waals surface area contributed by atoms with E-state index in [2.05, 4.69) is 10.5 Å². The van der Waals surface area contributed by atoms with Crippen molar-refractivity contribution in [3.63, 3.8) is 0 Å². The van der Waals surface area contributed by atoms with Crippen molar-refractivity contribution in [3.05, 3.63) is 35.9 Å². The van der Waals surface area contributed by atoms with Gasteiger partial charge in [-0.1, -0.05) is 30.3 Å². The summed E-state index contributed by atoms with van der Waals surface area (Å²) in [5, 5.41) is 3.94. The van der Waals surface area contributed by atoms with Gasteiger partial charge in [-0.05, 0) is 12.5 Å². The molecule has 1 aliphatic heterocycles. The highest BCUT2D eigenvalue weighted by Gasteiger charge is 2.42. The molecule has 0 aromatic heterocycles. The molecule has 0 fully saturated rings. The minimum Gasteiger partial charge on any atom is -0.464 e. The first-order valence-electron chi connectivity index (χ1n) is 6.32. The molecule has 1 aromatic rings. The molecule has 1 N–H and O–H groups in total. The molecule has 0 bridgehead atoms. The Morgan fingerprint density at radius 1 is 1.30 bits per heavy atom. The van der Waals surface area contributed by atoms with Gasteiger partial charge in [0.1, 0.15) is 0 Å². The monoisotopic (exact) mass is 276 g/mol. The second-order valence-electron chi connectivity index (χ2n) is 4.24. The second-order valence-corrected chi connectivity index (χ2v) is 4.24. The highest BCUT2D eigenvalue weighted by molar-refractivity contribution is 6.39. The Morgan fingerprint density at radius 2 is 2.00 bits per heavy atom. The van der Waals surface area contributed by atoms with Crippen molar-refractivity contribution >= 4 is 17.7 Å². The molecule has 1 aromatic carbocycles. The van der Waals surface area contributed by atoms with Crippen molar-refractivity contribution in [2.45, 2.75) is 18.9 Å². The number of carbonyl (C=O) groups is 2. The van der Waals surface area contributed by atoms with Crippen LogP contribution in [0.2, 0.25) is 0 Å². The summed E-state index contributed by atoms with van der Waals surface area (Å²) in [6, 6.07) is 8.49. The van der Waals surface area contributed by atoms with E-state index in [0.29, 0.717) is 0 Å². The lowest BCUT2D eigenvalue weighted by Gasteiger charge is -2.18. The van der Waals surface area contributed by atoms with E-state index < -0.39 is 23.9 Å². The zero-order valence-corrected chi connectivity index (χ0v) is 11.3. The predicted molar refractivity (Wildman–Crippen MR) is 72.2 cm³/mol. The summed E-state index contributed by atoms with van der Waals surface area (Å²) in [5.74, 6) is -1.51. The van der Waals surface area contributed by atoms with Gasteiger partial charge in [-0.3, -0.25) is 5.43 Å². The largest absolute Gasteiger partial charge is 0.464 e. The molecular weight excluding hydrogens is 260 g/mol. The van der Waals surface area contributed by atoms with Crippen molar-refractivity contribution < 1.29 is 19.1 Å². The van der Waals surface area contributed by atoms with E-state index in [9.17, 15) is 9.59 Å². The van der Waals surface area contributed by atoms with Gasteiger partial charge in [-0.25, -0.2) is 9.59 Å². The number of nitrogens with zero attached hydrogens (tertiary/aromatic N) is 1. The summed E-state index contributed by atoms with van der Waals surface area (Å²) in [6.07, 6.45) is 0. The third kappa shape index (κ3) is 2.64. The molecule has 0 saturated carbocycles. The van der Waals surface area contributed by atoms with Crippen molar-refractivity contribution in [1.82, 2.24) is 5.43 Å². The number of benzene rings is 1. The molecule has 1 heterocycles. The van der Waals surface area contributed by atoms with Crippen LogP contribution in [0.1, 0.15) is 18.4 Å². The maximum atomic E-state index is 12.0. The van der Waals surface area contributed by atoms with Crippen LogP contribution in [0.3, 0.4) is 0 Å². The van der Waals surface area contributed by atoms with E-state index in [-0.39, 0.29) is 12.3 Å². The first-order valence-corrected chi connectivity index (χ1v) is 6.32. The summed E-state index contributed by atoms with van der Waals surface area (Å²) in [7, 11) is 1.28. The number of ether oxygens (including phenoxy) is 2. The number of hydrazone groups is 1. The lowest BCUT2D eigenvalue weighted by molar-refractivity contribution is -0.145. The molecule has 0 radical (unpaired) electrons. The maximum absolute atomic E-state index is 12.0. The van der Waals surface area contributed by atoms with Gasteiger partial charge in [0.25, 0.3) is 0 Å². The van der Waals surface area contributed by atoms with Crippen LogP contribution in [-0.2, 0) is 19.1 Å². The highest BCUT2D eigenvalue weighted by Crippen LogP contribution is 2.27. The Morgan fingerprint density at radius 3 is 2.60 bits per heavy atom. The first-order chi connectivity index (χ1) is 9.69. The van der Waals surface area contributed by atoms with Gasteiger partial charge in [0, 0.05) is 0 Å². The standard InChI is InChI=1S/C14H16N2O4/c1-3-20-14(18)12-10(9-7-5-4-6-8-9)11(15-16-12)13(17)19-2/h4-8,10,12,16H,3H2,1-2H3/t10-,12-/m0/s1. The summed E-state index contributed by atoms with van der Waals surface area (Å²) in [6.45, 7) is 2.00. The van der Waals surface area contributed by atoms with Gasteiger partial charge in [0.2, 0.25) is 0 Å². The van der Waals surface area contributed by atoms with Crippen LogP contribution in [0.4, 0.5) is 0 Å². The van der Waals surface area contributed by atoms with E-state index in [4.69, 9.17) is 9.47 Å². The molecule has 0 saturated heterocycles. The number of hydrogen-bond donors (Lipinski definition) is 1. The van der Waals surface area contributed by atoms with Crippen molar-refractivity contribution in [2.75, 3.05) is 13.7 Å². The number of carbonyl (C=O) groups excluding carboxylic acids is 2. The minimum absolute atomic E-state index is 0.178. The van der Waals surface area contributed by atoms with Gasteiger partial charge >= 0.3 is 11.9 Å². The van der Waals surface area contributed by atoms with E-state index in [1.165, 1.54) is 7.11 Å². The molecule has 106 valence electrons. The second kappa shape index (κ2) is 6.18. The van der Waals surface area contributed by atoms with E-state index in [1.807, 2.05) is 30.3 Å². The van der Waals surface area contributed by atoms with Gasteiger partial charge < -0.3 is 9.47 Å². The van der Waals surface area contributed by atoms with Gasteiger partial charge in [0.15, 0.2) is 11.8 Å². The predicted octanol–water partition coefficient (Wildman–Crippen LogP) is 0.834. The zero-order chi connectivity index (χ0) is 14.5. The fourth-order valence-electron chi connectivity index (χ4n) is 2.15. The van der Waals surface area contributed by atoms with Crippen LogP contribution in [0.15, 0.2) is 35.4 Å². The third-order valence-corrected chi connectivity index (χ3v) is 3.05. The number of methoxy groups -OCH3 is 1. The molecule has 6 nitrogen and oxygen atoms in total. The van der Waals surface area contributed by atoms with Crippen molar-refractivity contribution in [2.24, 2.45) is 5.10 Å². The fourth-order valence-corrected chi connectivity index (χ4v) is 2.15. The van der Waals surface area contributed by atoms with Crippen LogP contribution in [0.5, 0.6) is 0 Å². The first kappa shape index (κ1) is 14.0. The normalized spacial score (nSPS) is 20.8. The van der Waals surface area contributed by atoms with Gasteiger partial charge in [-0.15, -0.1) is 0 Å². The Bertz CT molecular complexity index is 527. The SMILES string of the molecule is CCOC(=O)[C@H]1NN=C(C(=O)OC)[C@@H]1c1ccccc1. The van der Waals surface area contributed by atoms with Crippen LogP contribution >= 0.6 is 0 Å².